The van der Waals surface area contributed by atoms with Gasteiger partial charge in [0.2, 0.25) is 0 Å². The van der Waals surface area contributed by atoms with E-state index in [0.29, 0.717) is 5.92 Å². The molecule has 2 N–H and O–H groups in total. The van der Waals surface area contributed by atoms with Crippen LogP contribution in [-0.2, 0) is 0 Å². The Bertz CT molecular complexity index is 469. The standard InChI is InChI=1S/C18H26O2/c1-5-18(4)11-10-16(17(2,3)20)15(12-18)13-6-8-14(19)9-7-13/h5-9,15-16,19-20H,1,10-12H2,2-4H3. The summed E-state index contributed by atoms with van der Waals surface area (Å²) in [5, 5.41) is 20.0. The average Bonchev–Trinajstić information content (AvgIpc) is 2.38. The van der Waals surface area contributed by atoms with E-state index < -0.39 is 5.60 Å². The third kappa shape index (κ3) is 3.06. The maximum absolute atomic E-state index is 10.5. The third-order valence-corrected chi connectivity index (χ3v) is 4.92. The minimum Gasteiger partial charge on any atom is -0.508 e. The second-order valence-electron chi connectivity index (χ2n) is 7.06. The molecule has 1 aromatic rings. The predicted octanol–water partition coefficient (Wildman–Crippen LogP) is 4.24. The quantitative estimate of drug-likeness (QED) is 0.809. The van der Waals surface area contributed by atoms with E-state index in [-0.39, 0.29) is 17.1 Å². The molecule has 2 heteroatoms. The zero-order chi connectivity index (χ0) is 15.0. The lowest BCUT2D eigenvalue weighted by molar-refractivity contribution is -0.0236. The Hall–Kier alpha value is -1.28. The van der Waals surface area contributed by atoms with Crippen molar-refractivity contribution in [3.05, 3.63) is 42.5 Å². The van der Waals surface area contributed by atoms with Crippen LogP contribution in [0.4, 0.5) is 0 Å². The summed E-state index contributed by atoms with van der Waals surface area (Å²) in [5.41, 5.74) is 0.637. The first kappa shape index (κ1) is 15.1. The van der Waals surface area contributed by atoms with Gasteiger partial charge in [0.25, 0.3) is 0 Å². The van der Waals surface area contributed by atoms with Gasteiger partial charge < -0.3 is 10.2 Å². The van der Waals surface area contributed by atoms with Crippen LogP contribution in [0.3, 0.4) is 0 Å². The van der Waals surface area contributed by atoms with Gasteiger partial charge in [0.15, 0.2) is 0 Å². The predicted molar refractivity (Wildman–Crippen MR) is 82.8 cm³/mol. The highest BCUT2D eigenvalue weighted by molar-refractivity contribution is 5.30. The maximum atomic E-state index is 10.5. The van der Waals surface area contributed by atoms with Crippen molar-refractivity contribution in [1.82, 2.24) is 0 Å². The molecule has 1 aromatic carbocycles. The first-order valence-corrected chi connectivity index (χ1v) is 7.40. The van der Waals surface area contributed by atoms with Crippen molar-refractivity contribution in [3.8, 4) is 5.75 Å². The molecule has 110 valence electrons. The summed E-state index contributed by atoms with van der Waals surface area (Å²) in [4.78, 5) is 0. The minimum atomic E-state index is -0.689. The minimum absolute atomic E-state index is 0.129. The molecule has 0 saturated heterocycles. The van der Waals surface area contributed by atoms with Crippen LogP contribution in [0.5, 0.6) is 5.75 Å². The first-order chi connectivity index (χ1) is 9.25. The van der Waals surface area contributed by atoms with E-state index in [1.54, 1.807) is 12.1 Å². The van der Waals surface area contributed by atoms with Gasteiger partial charge in [0, 0.05) is 0 Å². The molecule has 0 heterocycles. The van der Waals surface area contributed by atoms with Gasteiger partial charge in [-0.05, 0) is 68.1 Å². The first-order valence-electron chi connectivity index (χ1n) is 7.40. The highest BCUT2D eigenvalue weighted by Crippen LogP contribution is 2.50. The van der Waals surface area contributed by atoms with Crippen LogP contribution in [0.2, 0.25) is 0 Å². The van der Waals surface area contributed by atoms with E-state index in [2.05, 4.69) is 19.6 Å². The van der Waals surface area contributed by atoms with E-state index in [9.17, 15) is 10.2 Å². The summed E-state index contributed by atoms with van der Waals surface area (Å²) in [6.45, 7) is 10.0. The summed E-state index contributed by atoms with van der Waals surface area (Å²) in [6.07, 6.45) is 5.12. The Morgan fingerprint density at radius 2 is 1.90 bits per heavy atom. The number of benzene rings is 1. The Kier molecular flexibility index (Phi) is 3.97. The molecule has 0 aliphatic heterocycles. The monoisotopic (exact) mass is 274 g/mol. The Morgan fingerprint density at radius 3 is 2.40 bits per heavy atom. The van der Waals surface area contributed by atoms with Crippen LogP contribution in [-0.4, -0.2) is 15.8 Å². The lowest BCUT2D eigenvalue weighted by Gasteiger charge is -2.46. The van der Waals surface area contributed by atoms with Crippen molar-refractivity contribution >= 4 is 0 Å². The van der Waals surface area contributed by atoms with Crippen LogP contribution >= 0.6 is 0 Å². The summed E-state index contributed by atoms with van der Waals surface area (Å²) in [7, 11) is 0. The number of allylic oxidation sites excluding steroid dienone is 1. The fourth-order valence-electron chi connectivity index (χ4n) is 3.54. The summed E-state index contributed by atoms with van der Waals surface area (Å²) >= 11 is 0. The summed E-state index contributed by atoms with van der Waals surface area (Å²) < 4.78 is 0. The van der Waals surface area contributed by atoms with Crippen molar-refractivity contribution < 1.29 is 10.2 Å². The molecule has 0 spiro atoms. The van der Waals surface area contributed by atoms with E-state index in [4.69, 9.17) is 0 Å². The molecule has 0 bridgehead atoms. The van der Waals surface area contributed by atoms with Crippen molar-refractivity contribution in [2.45, 2.75) is 51.6 Å². The fourth-order valence-corrected chi connectivity index (χ4v) is 3.54. The normalized spacial score (nSPS) is 31.0. The molecular weight excluding hydrogens is 248 g/mol. The van der Waals surface area contributed by atoms with Gasteiger partial charge in [-0.3, -0.25) is 0 Å². The van der Waals surface area contributed by atoms with E-state index >= 15 is 0 Å². The molecule has 1 saturated carbocycles. The fraction of sp³-hybridized carbons (Fsp3) is 0.556. The van der Waals surface area contributed by atoms with E-state index in [1.807, 2.05) is 26.0 Å². The summed E-state index contributed by atoms with van der Waals surface area (Å²) in [6, 6.07) is 7.42. The zero-order valence-electron chi connectivity index (χ0n) is 12.8. The number of aromatic hydroxyl groups is 1. The van der Waals surface area contributed by atoms with Crippen LogP contribution in [0.25, 0.3) is 0 Å². The second kappa shape index (κ2) is 5.25. The Morgan fingerprint density at radius 1 is 1.30 bits per heavy atom. The van der Waals surface area contributed by atoms with Crippen LogP contribution in [0, 0.1) is 11.3 Å². The highest BCUT2D eigenvalue weighted by atomic mass is 16.3. The molecule has 0 amide bonds. The third-order valence-electron chi connectivity index (χ3n) is 4.92. The smallest absolute Gasteiger partial charge is 0.115 e. The van der Waals surface area contributed by atoms with Crippen molar-refractivity contribution in [2.75, 3.05) is 0 Å². The van der Waals surface area contributed by atoms with Gasteiger partial charge in [-0.1, -0.05) is 25.1 Å². The summed E-state index contributed by atoms with van der Waals surface area (Å²) in [5.74, 6) is 0.822. The maximum Gasteiger partial charge on any atom is 0.115 e. The number of hydrogen-bond acceptors (Lipinski definition) is 2. The average molecular weight is 274 g/mol. The second-order valence-corrected chi connectivity index (χ2v) is 7.06. The molecule has 3 atom stereocenters. The van der Waals surface area contributed by atoms with Gasteiger partial charge in [-0.15, -0.1) is 6.58 Å². The van der Waals surface area contributed by atoms with Crippen LogP contribution in [0.1, 0.15) is 51.5 Å². The largest absolute Gasteiger partial charge is 0.508 e. The van der Waals surface area contributed by atoms with Gasteiger partial charge in [0.1, 0.15) is 5.75 Å². The number of hydrogen-bond donors (Lipinski definition) is 2. The van der Waals surface area contributed by atoms with Crippen molar-refractivity contribution in [1.29, 1.82) is 0 Å². The number of phenols is 1. The molecule has 2 nitrogen and oxygen atoms in total. The molecule has 20 heavy (non-hydrogen) atoms. The topological polar surface area (TPSA) is 40.5 Å². The SMILES string of the molecule is C=CC1(C)CCC(C(C)(C)O)C(c2ccc(O)cc2)C1. The molecule has 3 unspecified atom stereocenters. The van der Waals surface area contributed by atoms with Crippen LogP contribution < -0.4 is 0 Å². The molecular formula is C18H26O2. The van der Waals surface area contributed by atoms with Gasteiger partial charge in [-0.25, -0.2) is 0 Å². The van der Waals surface area contributed by atoms with Crippen LogP contribution in [0.15, 0.2) is 36.9 Å². The number of rotatable bonds is 3. The molecule has 1 fully saturated rings. The zero-order valence-corrected chi connectivity index (χ0v) is 12.8. The van der Waals surface area contributed by atoms with Gasteiger partial charge in [-0.2, -0.15) is 0 Å². The number of aliphatic hydroxyl groups is 1. The lowest BCUT2D eigenvalue weighted by atomic mass is 9.60. The van der Waals surface area contributed by atoms with Gasteiger partial charge in [0.05, 0.1) is 5.60 Å². The number of phenolic OH excluding ortho intramolecular Hbond substituents is 1. The Labute approximate surface area is 122 Å². The molecule has 1 aliphatic carbocycles. The molecule has 1 aliphatic rings. The van der Waals surface area contributed by atoms with E-state index in [1.165, 1.54) is 5.56 Å². The van der Waals surface area contributed by atoms with Crippen molar-refractivity contribution in [2.24, 2.45) is 11.3 Å². The Balaban J connectivity index is 2.35. The molecule has 2 rings (SSSR count). The highest BCUT2D eigenvalue weighted by Gasteiger charge is 2.42. The van der Waals surface area contributed by atoms with Gasteiger partial charge >= 0.3 is 0 Å². The lowest BCUT2D eigenvalue weighted by Crippen LogP contribution is -2.41. The molecule has 0 radical (unpaired) electrons. The molecule has 0 aromatic heterocycles. The van der Waals surface area contributed by atoms with Crippen molar-refractivity contribution in [3.63, 3.8) is 0 Å². The van der Waals surface area contributed by atoms with E-state index in [0.717, 1.165) is 19.3 Å².